The summed E-state index contributed by atoms with van der Waals surface area (Å²) in [5.41, 5.74) is 9.31. The van der Waals surface area contributed by atoms with Crippen molar-refractivity contribution in [2.45, 2.75) is 39.7 Å². The van der Waals surface area contributed by atoms with E-state index in [1.807, 2.05) is 11.7 Å². The monoisotopic (exact) mass is 290 g/mol. The van der Waals surface area contributed by atoms with Crippen LogP contribution in [-0.4, -0.2) is 43.9 Å². The Bertz CT molecular complexity index is 626. The van der Waals surface area contributed by atoms with Crippen LogP contribution in [0.4, 0.5) is 5.95 Å². The van der Waals surface area contributed by atoms with E-state index in [1.54, 1.807) is 0 Å². The first-order valence-corrected chi connectivity index (χ1v) is 8.03. The minimum Gasteiger partial charge on any atom is -0.369 e. The smallest absolute Gasteiger partial charge is 0.202 e. The molecule has 0 aromatic carbocycles. The van der Waals surface area contributed by atoms with Crippen molar-refractivity contribution >= 4 is 17.1 Å². The molecular weight excluding hydrogens is 264 g/mol. The number of fused-ring (bicyclic) bond motifs is 1. The van der Waals surface area contributed by atoms with E-state index in [2.05, 4.69) is 33.4 Å². The van der Waals surface area contributed by atoms with Gasteiger partial charge in [0.15, 0.2) is 5.65 Å². The predicted molar refractivity (Wildman–Crippen MR) is 85.1 cm³/mol. The second-order valence-corrected chi connectivity index (χ2v) is 6.12. The molecule has 1 fully saturated rings. The molecule has 0 saturated carbocycles. The molecule has 0 aliphatic carbocycles. The zero-order valence-corrected chi connectivity index (χ0v) is 13.3. The van der Waals surface area contributed by atoms with Crippen LogP contribution in [0.1, 0.15) is 32.4 Å². The molecule has 1 saturated heterocycles. The Morgan fingerprint density at radius 2 is 2.14 bits per heavy atom. The lowest BCUT2D eigenvalue weighted by Crippen LogP contribution is -2.22. The molecule has 0 amide bonds. The van der Waals surface area contributed by atoms with Crippen molar-refractivity contribution in [3.8, 4) is 0 Å². The fraction of sp³-hybridized carbons (Fsp3) is 0.733. The number of nitrogens with two attached hydrogens (primary N) is 1. The summed E-state index contributed by atoms with van der Waals surface area (Å²) < 4.78 is 4.10. The van der Waals surface area contributed by atoms with E-state index < -0.39 is 0 Å². The van der Waals surface area contributed by atoms with Gasteiger partial charge in [-0.05, 0) is 31.8 Å². The van der Waals surface area contributed by atoms with Gasteiger partial charge in [0.05, 0.1) is 5.69 Å². The van der Waals surface area contributed by atoms with Crippen molar-refractivity contribution in [3.05, 3.63) is 5.69 Å². The molecule has 1 atom stereocenters. The van der Waals surface area contributed by atoms with Gasteiger partial charge in [-0.2, -0.15) is 5.10 Å². The molecule has 1 aliphatic rings. The van der Waals surface area contributed by atoms with E-state index in [4.69, 9.17) is 5.73 Å². The average molecular weight is 290 g/mol. The molecule has 3 heterocycles. The van der Waals surface area contributed by atoms with Gasteiger partial charge in [-0.3, -0.25) is 9.25 Å². The first-order chi connectivity index (χ1) is 10.1. The van der Waals surface area contributed by atoms with Gasteiger partial charge in [-0.25, -0.2) is 4.98 Å². The first kappa shape index (κ1) is 14.4. The minimum absolute atomic E-state index is 0.630. The van der Waals surface area contributed by atoms with Crippen LogP contribution in [0.2, 0.25) is 0 Å². The van der Waals surface area contributed by atoms with Gasteiger partial charge in [0.25, 0.3) is 0 Å². The Morgan fingerprint density at radius 3 is 2.81 bits per heavy atom. The van der Waals surface area contributed by atoms with E-state index in [9.17, 15) is 0 Å². The molecule has 1 aliphatic heterocycles. The fourth-order valence-electron chi connectivity index (χ4n) is 3.45. The molecule has 6 heteroatoms. The highest BCUT2D eigenvalue weighted by molar-refractivity contribution is 5.77. The van der Waals surface area contributed by atoms with E-state index in [0.29, 0.717) is 11.9 Å². The molecular formula is C15H26N6. The van der Waals surface area contributed by atoms with Crippen molar-refractivity contribution in [2.24, 2.45) is 13.0 Å². The van der Waals surface area contributed by atoms with Crippen LogP contribution < -0.4 is 5.73 Å². The zero-order valence-electron chi connectivity index (χ0n) is 13.3. The second-order valence-electron chi connectivity index (χ2n) is 6.12. The lowest BCUT2D eigenvalue weighted by atomic mass is 10.1. The number of aryl methyl sites for hydroxylation is 2. The highest BCUT2D eigenvalue weighted by Gasteiger charge is 2.25. The van der Waals surface area contributed by atoms with Crippen molar-refractivity contribution in [1.29, 1.82) is 0 Å². The standard InChI is InChI=1S/C15H26N6/c1-4-6-12-13-14(19(3)18-12)21(15(16)17-13)10-11-7-8-20(5-2)9-11/h11H,4-10H2,1-3H3,(H2,16,17). The predicted octanol–water partition coefficient (Wildman–Crippen LogP) is 1.65. The molecule has 1 unspecified atom stereocenters. The van der Waals surface area contributed by atoms with E-state index in [0.717, 1.165) is 49.3 Å². The summed E-state index contributed by atoms with van der Waals surface area (Å²) in [6, 6.07) is 0. The largest absolute Gasteiger partial charge is 0.369 e. The number of nitrogen functional groups attached to an aromatic ring is 1. The normalized spacial score (nSPS) is 19.9. The van der Waals surface area contributed by atoms with Gasteiger partial charge in [0.2, 0.25) is 5.95 Å². The third-order valence-corrected chi connectivity index (χ3v) is 4.57. The third kappa shape index (κ3) is 2.52. The van der Waals surface area contributed by atoms with Crippen molar-refractivity contribution in [3.63, 3.8) is 0 Å². The molecule has 0 bridgehead atoms. The number of anilines is 1. The molecule has 21 heavy (non-hydrogen) atoms. The third-order valence-electron chi connectivity index (χ3n) is 4.57. The van der Waals surface area contributed by atoms with E-state index in [1.165, 1.54) is 13.0 Å². The topological polar surface area (TPSA) is 64.9 Å². The molecule has 116 valence electrons. The number of nitrogens with zero attached hydrogens (tertiary/aromatic N) is 5. The van der Waals surface area contributed by atoms with Crippen LogP contribution in [0.5, 0.6) is 0 Å². The SMILES string of the molecule is CCCc1nn(C)c2c1nc(N)n2CC1CCN(CC)C1. The molecule has 0 radical (unpaired) electrons. The highest BCUT2D eigenvalue weighted by atomic mass is 15.3. The Balaban J connectivity index is 1.90. The number of likely N-dealkylation sites (tertiary alicyclic amines) is 1. The van der Waals surface area contributed by atoms with Gasteiger partial charge >= 0.3 is 0 Å². The Kier molecular flexibility index (Phi) is 3.89. The maximum absolute atomic E-state index is 6.17. The quantitative estimate of drug-likeness (QED) is 0.909. The summed E-state index contributed by atoms with van der Waals surface area (Å²) in [5, 5.41) is 4.61. The van der Waals surface area contributed by atoms with Crippen LogP contribution in [0.25, 0.3) is 11.2 Å². The number of hydrogen-bond acceptors (Lipinski definition) is 4. The van der Waals surface area contributed by atoms with Crippen molar-refractivity contribution in [1.82, 2.24) is 24.2 Å². The van der Waals surface area contributed by atoms with Crippen LogP contribution in [0, 0.1) is 5.92 Å². The summed E-state index contributed by atoms with van der Waals surface area (Å²) in [6.07, 6.45) is 3.28. The lowest BCUT2D eigenvalue weighted by Gasteiger charge is -2.14. The van der Waals surface area contributed by atoms with E-state index in [-0.39, 0.29) is 0 Å². The van der Waals surface area contributed by atoms with E-state index >= 15 is 0 Å². The Morgan fingerprint density at radius 1 is 1.33 bits per heavy atom. The Labute approximate surface area is 125 Å². The second kappa shape index (κ2) is 5.67. The summed E-state index contributed by atoms with van der Waals surface area (Å²) in [7, 11) is 1.99. The van der Waals surface area contributed by atoms with Gasteiger partial charge < -0.3 is 10.6 Å². The molecule has 3 rings (SSSR count). The summed E-state index contributed by atoms with van der Waals surface area (Å²) in [5.74, 6) is 1.29. The number of imidazole rings is 1. The Hall–Kier alpha value is -1.56. The van der Waals surface area contributed by atoms with Crippen LogP contribution >= 0.6 is 0 Å². The summed E-state index contributed by atoms with van der Waals surface area (Å²) >= 11 is 0. The van der Waals surface area contributed by atoms with Gasteiger partial charge in [0.1, 0.15) is 5.52 Å². The van der Waals surface area contributed by atoms with Gasteiger partial charge in [-0.1, -0.05) is 20.3 Å². The molecule has 2 N–H and O–H groups in total. The lowest BCUT2D eigenvalue weighted by molar-refractivity contribution is 0.333. The van der Waals surface area contributed by atoms with Crippen LogP contribution in [0.3, 0.4) is 0 Å². The zero-order chi connectivity index (χ0) is 15.0. The number of aromatic nitrogens is 4. The highest BCUT2D eigenvalue weighted by Crippen LogP contribution is 2.25. The van der Waals surface area contributed by atoms with Crippen molar-refractivity contribution < 1.29 is 0 Å². The summed E-state index contributed by atoms with van der Waals surface area (Å²) in [6.45, 7) is 8.84. The van der Waals surface area contributed by atoms with Crippen LogP contribution in [0.15, 0.2) is 0 Å². The molecule has 6 nitrogen and oxygen atoms in total. The maximum atomic E-state index is 6.17. The number of rotatable bonds is 5. The van der Waals surface area contributed by atoms with Gasteiger partial charge in [-0.15, -0.1) is 0 Å². The first-order valence-electron chi connectivity index (χ1n) is 8.03. The van der Waals surface area contributed by atoms with Crippen molar-refractivity contribution in [2.75, 3.05) is 25.4 Å². The number of hydrogen-bond donors (Lipinski definition) is 1. The molecule has 0 spiro atoms. The van der Waals surface area contributed by atoms with Crippen LogP contribution in [-0.2, 0) is 20.0 Å². The van der Waals surface area contributed by atoms with Gasteiger partial charge in [0, 0.05) is 20.1 Å². The molecule has 2 aromatic rings. The fourth-order valence-corrected chi connectivity index (χ4v) is 3.45. The maximum Gasteiger partial charge on any atom is 0.202 e. The summed E-state index contributed by atoms with van der Waals surface area (Å²) in [4.78, 5) is 7.08. The minimum atomic E-state index is 0.630. The average Bonchev–Trinajstić information content (AvgIpc) is 3.11. The molecule has 2 aromatic heterocycles.